The Labute approximate surface area is 175 Å². The molecule has 2 amide bonds. The molecule has 0 unspecified atom stereocenters. The molecule has 6 nitrogen and oxygen atoms in total. The summed E-state index contributed by atoms with van der Waals surface area (Å²) in [6.45, 7) is 4.19. The predicted molar refractivity (Wildman–Crippen MR) is 114 cm³/mol. The fraction of sp³-hybridized carbons (Fsp3) is 0.364. The smallest absolute Gasteiger partial charge is 0.254 e. The summed E-state index contributed by atoms with van der Waals surface area (Å²) in [5.41, 5.74) is 1.73. The van der Waals surface area contributed by atoms with Crippen molar-refractivity contribution in [3.8, 4) is 11.5 Å². The zero-order valence-electron chi connectivity index (χ0n) is 17.0. The van der Waals surface area contributed by atoms with E-state index in [0.717, 1.165) is 4.90 Å². The first-order chi connectivity index (χ1) is 14.0. The Bertz CT molecular complexity index is 879. The van der Waals surface area contributed by atoms with Crippen molar-refractivity contribution >= 4 is 23.6 Å². The molecule has 0 saturated carbocycles. The number of ether oxygens (including phenoxy) is 2. The third-order valence-electron chi connectivity index (χ3n) is 4.99. The molecule has 0 N–H and O–H groups in total. The van der Waals surface area contributed by atoms with Gasteiger partial charge in [-0.05, 0) is 36.8 Å². The average Bonchev–Trinajstić information content (AvgIpc) is 2.77. The van der Waals surface area contributed by atoms with E-state index in [0.29, 0.717) is 49.0 Å². The summed E-state index contributed by atoms with van der Waals surface area (Å²) >= 11 is 1.56. The van der Waals surface area contributed by atoms with Gasteiger partial charge in [0.2, 0.25) is 5.91 Å². The number of rotatable bonds is 6. The number of hydrogen-bond acceptors (Lipinski definition) is 5. The van der Waals surface area contributed by atoms with Crippen molar-refractivity contribution in [2.45, 2.75) is 11.8 Å². The number of carbonyl (C=O) groups excluding carboxylic acids is 2. The van der Waals surface area contributed by atoms with Crippen LogP contribution in [0.15, 0.2) is 47.4 Å². The van der Waals surface area contributed by atoms with E-state index in [1.165, 1.54) is 5.56 Å². The molecule has 0 atom stereocenters. The number of benzene rings is 2. The van der Waals surface area contributed by atoms with Crippen molar-refractivity contribution in [1.82, 2.24) is 9.80 Å². The summed E-state index contributed by atoms with van der Waals surface area (Å²) in [7, 11) is 3.11. The lowest BCUT2D eigenvalue weighted by atomic mass is 10.1. The second kappa shape index (κ2) is 9.69. The molecule has 0 aromatic heterocycles. The molecular formula is C22H26N2O4S. The number of carbonyl (C=O) groups is 2. The van der Waals surface area contributed by atoms with Crippen molar-refractivity contribution in [1.29, 1.82) is 0 Å². The molecule has 1 saturated heterocycles. The predicted octanol–water partition coefficient (Wildman–Crippen LogP) is 3.09. The number of amides is 2. The van der Waals surface area contributed by atoms with Gasteiger partial charge in [0.05, 0.1) is 20.0 Å². The van der Waals surface area contributed by atoms with Gasteiger partial charge in [-0.1, -0.05) is 18.2 Å². The molecule has 0 aliphatic carbocycles. The van der Waals surface area contributed by atoms with Gasteiger partial charge in [0.1, 0.15) is 0 Å². The Morgan fingerprint density at radius 3 is 2.24 bits per heavy atom. The molecule has 2 aromatic carbocycles. The molecule has 2 aromatic rings. The SMILES string of the molecule is COc1ccc(C(=O)N2CCN(C(=O)CSc3ccccc3C)CC2)cc1OC. The number of piperazine rings is 1. The van der Waals surface area contributed by atoms with Crippen molar-refractivity contribution < 1.29 is 19.1 Å². The monoisotopic (exact) mass is 414 g/mol. The van der Waals surface area contributed by atoms with Gasteiger partial charge in [-0.2, -0.15) is 0 Å². The number of aryl methyl sites for hydroxylation is 1. The first-order valence-corrected chi connectivity index (χ1v) is 10.5. The van der Waals surface area contributed by atoms with E-state index in [-0.39, 0.29) is 11.8 Å². The van der Waals surface area contributed by atoms with Crippen LogP contribution in [0.3, 0.4) is 0 Å². The van der Waals surface area contributed by atoms with Crippen molar-refractivity contribution in [3.05, 3.63) is 53.6 Å². The van der Waals surface area contributed by atoms with Crippen LogP contribution >= 0.6 is 11.8 Å². The summed E-state index contributed by atoms with van der Waals surface area (Å²) in [5, 5.41) is 0. The number of nitrogens with zero attached hydrogens (tertiary/aromatic N) is 2. The van der Waals surface area contributed by atoms with Gasteiger partial charge in [-0.3, -0.25) is 9.59 Å². The lowest BCUT2D eigenvalue weighted by molar-refractivity contribution is -0.129. The van der Waals surface area contributed by atoms with Crippen molar-refractivity contribution in [2.24, 2.45) is 0 Å². The molecule has 0 bridgehead atoms. The Balaban J connectivity index is 1.54. The third kappa shape index (κ3) is 5.03. The van der Waals surface area contributed by atoms with Crippen LogP contribution < -0.4 is 9.47 Å². The largest absolute Gasteiger partial charge is 0.493 e. The fourth-order valence-electron chi connectivity index (χ4n) is 3.26. The first kappa shape index (κ1) is 21.0. The lowest BCUT2D eigenvalue weighted by Gasteiger charge is -2.35. The quantitative estimate of drug-likeness (QED) is 0.680. The molecule has 29 heavy (non-hydrogen) atoms. The zero-order valence-corrected chi connectivity index (χ0v) is 17.8. The molecule has 0 radical (unpaired) electrons. The van der Waals surface area contributed by atoms with E-state index < -0.39 is 0 Å². The van der Waals surface area contributed by atoms with Crippen molar-refractivity contribution in [2.75, 3.05) is 46.2 Å². The molecule has 0 spiro atoms. The molecule has 7 heteroatoms. The number of hydrogen-bond donors (Lipinski definition) is 0. The Morgan fingerprint density at radius 2 is 1.59 bits per heavy atom. The summed E-state index contributed by atoms with van der Waals surface area (Å²) in [4.78, 5) is 30.1. The van der Waals surface area contributed by atoms with E-state index in [2.05, 4.69) is 0 Å². The highest BCUT2D eigenvalue weighted by atomic mass is 32.2. The molecule has 1 fully saturated rings. The highest BCUT2D eigenvalue weighted by Crippen LogP contribution is 2.28. The summed E-state index contributed by atoms with van der Waals surface area (Å²) in [6.07, 6.45) is 0. The summed E-state index contributed by atoms with van der Waals surface area (Å²) in [5.74, 6) is 1.57. The zero-order chi connectivity index (χ0) is 20.8. The second-order valence-electron chi connectivity index (χ2n) is 6.80. The summed E-state index contributed by atoms with van der Waals surface area (Å²) < 4.78 is 10.5. The lowest BCUT2D eigenvalue weighted by Crippen LogP contribution is -2.51. The normalized spacial score (nSPS) is 13.9. The van der Waals surface area contributed by atoms with Gasteiger partial charge in [-0.15, -0.1) is 11.8 Å². The van der Waals surface area contributed by atoms with Crippen LogP contribution in [0.4, 0.5) is 0 Å². The molecule has 154 valence electrons. The van der Waals surface area contributed by atoms with Crippen LogP contribution in [-0.4, -0.2) is 67.8 Å². The molecule has 1 heterocycles. The maximum Gasteiger partial charge on any atom is 0.254 e. The minimum Gasteiger partial charge on any atom is -0.493 e. The first-order valence-electron chi connectivity index (χ1n) is 9.51. The maximum atomic E-state index is 12.8. The van der Waals surface area contributed by atoms with Crippen LogP contribution in [0.25, 0.3) is 0 Å². The van der Waals surface area contributed by atoms with Gasteiger partial charge in [0, 0.05) is 36.6 Å². The van der Waals surface area contributed by atoms with Crippen LogP contribution in [-0.2, 0) is 4.79 Å². The maximum absolute atomic E-state index is 12.8. The Kier molecular flexibility index (Phi) is 7.04. The van der Waals surface area contributed by atoms with Crippen LogP contribution in [0.2, 0.25) is 0 Å². The third-order valence-corrected chi connectivity index (χ3v) is 6.16. The topological polar surface area (TPSA) is 59.1 Å². The van der Waals surface area contributed by atoms with E-state index in [1.54, 1.807) is 49.1 Å². The highest BCUT2D eigenvalue weighted by Gasteiger charge is 2.25. The standard InChI is InChI=1S/C22H26N2O4S/c1-16-6-4-5-7-20(16)29-15-21(25)23-10-12-24(13-11-23)22(26)17-8-9-18(27-2)19(14-17)28-3/h4-9,14H,10-13,15H2,1-3H3. The number of thioether (sulfide) groups is 1. The fourth-order valence-corrected chi connectivity index (χ4v) is 4.19. The van der Waals surface area contributed by atoms with Gasteiger partial charge < -0.3 is 19.3 Å². The van der Waals surface area contributed by atoms with E-state index in [4.69, 9.17) is 9.47 Å². The van der Waals surface area contributed by atoms with Gasteiger partial charge in [0.15, 0.2) is 11.5 Å². The Morgan fingerprint density at radius 1 is 0.931 bits per heavy atom. The summed E-state index contributed by atoms with van der Waals surface area (Å²) in [6, 6.07) is 13.2. The second-order valence-corrected chi connectivity index (χ2v) is 7.81. The van der Waals surface area contributed by atoms with Crippen LogP contribution in [0.5, 0.6) is 11.5 Å². The van der Waals surface area contributed by atoms with Crippen molar-refractivity contribution in [3.63, 3.8) is 0 Å². The molecular weight excluding hydrogens is 388 g/mol. The van der Waals surface area contributed by atoms with E-state index >= 15 is 0 Å². The van der Waals surface area contributed by atoms with Crippen LogP contribution in [0.1, 0.15) is 15.9 Å². The average molecular weight is 415 g/mol. The molecule has 3 rings (SSSR count). The minimum absolute atomic E-state index is 0.0627. The van der Waals surface area contributed by atoms with Gasteiger partial charge in [-0.25, -0.2) is 0 Å². The molecule has 1 aliphatic heterocycles. The van der Waals surface area contributed by atoms with E-state index in [1.807, 2.05) is 36.1 Å². The number of methoxy groups -OCH3 is 2. The highest BCUT2D eigenvalue weighted by molar-refractivity contribution is 8.00. The van der Waals surface area contributed by atoms with Gasteiger partial charge >= 0.3 is 0 Å². The minimum atomic E-state index is -0.0627. The molecule has 1 aliphatic rings. The van der Waals surface area contributed by atoms with Crippen LogP contribution in [0, 0.1) is 6.92 Å². The Hall–Kier alpha value is -2.67. The van der Waals surface area contributed by atoms with Gasteiger partial charge in [0.25, 0.3) is 5.91 Å². The van der Waals surface area contributed by atoms with E-state index in [9.17, 15) is 9.59 Å².